The third-order valence-electron chi connectivity index (χ3n) is 6.60. The third-order valence-corrected chi connectivity index (χ3v) is 6.60. The summed E-state index contributed by atoms with van der Waals surface area (Å²) in [5, 5.41) is 0. The molecule has 148 valence electrons. The molecule has 0 spiro atoms. The number of rotatable bonds is 4. The van der Waals surface area contributed by atoms with Crippen LogP contribution in [0.1, 0.15) is 42.4 Å². The normalized spacial score (nSPS) is 24.8. The molecule has 2 atom stereocenters. The van der Waals surface area contributed by atoms with Crippen molar-refractivity contribution >= 4 is 18.0 Å². The summed E-state index contributed by atoms with van der Waals surface area (Å²) in [4.78, 5) is 27.8. The second-order valence-electron chi connectivity index (χ2n) is 8.41. The van der Waals surface area contributed by atoms with E-state index in [4.69, 9.17) is 4.74 Å². The summed E-state index contributed by atoms with van der Waals surface area (Å²) in [7, 11) is 0. The van der Waals surface area contributed by atoms with E-state index in [9.17, 15) is 9.59 Å². The molecule has 4 heteroatoms. The van der Waals surface area contributed by atoms with Gasteiger partial charge in [0, 0.05) is 30.0 Å². The van der Waals surface area contributed by atoms with Gasteiger partial charge in [-0.3, -0.25) is 4.79 Å². The Labute approximate surface area is 171 Å². The van der Waals surface area contributed by atoms with E-state index in [1.54, 1.807) is 0 Å². The van der Waals surface area contributed by atoms with Gasteiger partial charge in [-0.25, -0.2) is 4.79 Å². The molecule has 5 rings (SSSR count). The first kappa shape index (κ1) is 18.2. The van der Waals surface area contributed by atoms with Crippen LogP contribution in [0.5, 0.6) is 0 Å². The zero-order chi connectivity index (χ0) is 19.8. The van der Waals surface area contributed by atoms with Crippen LogP contribution in [0, 0.1) is 5.92 Å². The van der Waals surface area contributed by atoms with Gasteiger partial charge in [0.15, 0.2) is 5.78 Å². The number of nitrogens with zero attached hydrogens (tertiary/aromatic N) is 1. The molecule has 2 bridgehead atoms. The maximum Gasteiger partial charge on any atom is 0.410 e. The molecule has 0 saturated carbocycles. The van der Waals surface area contributed by atoms with Gasteiger partial charge in [-0.2, -0.15) is 0 Å². The Balaban J connectivity index is 1.22. The van der Waals surface area contributed by atoms with Gasteiger partial charge in [0.2, 0.25) is 0 Å². The first-order chi connectivity index (χ1) is 14.2. The largest absolute Gasteiger partial charge is 0.445 e. The molecule has 29 heavy (non-hydrogen) atoms. The molecule has 1 aliphatic carbocycles. The standard InChI is InChI=1S/C25H25NO3/c27-24(20-12-18-8-4-5-9-19(18)13-20)21-14-22-10-11-23(15-21)26(22)25(28)29-16-17-6-2-1-3-7-17/h1-9,12,21-23H,10-11,13-16H2. The van der Waals surface area contributed by atoms with Crippen LogP contribution in [0.2, 0.25) is 0 Å². The Morgan fingerprint density at radius 2 is 1.62 bits per heavy atom. The van der Waals surface area contributed by atoms with Gasteiger partial charge in [-0.15, -0.1) is 0 Å². The fourth-order valence-corrected chi connectivity index (χ4v) is 5.18. The number of fused-ring (bicyclic) bond motifs is 3. The number of Topliss-reactive ketones (excluding diaryl/α,β-unsaturated/α-hetero) is 1. The van der Waals surface area contributed by atoms with E-state index in [1.807, 2.05) is 47.4 Å². The van der Waals surface area contributed by atoms with Crippen LogP contribution in [0.25, 0.3) is 6.08 Å². The van der Waals surface area contributed by atoms with Crippen LogP contribution in [0.4, 0.5) is 4.79 Å². The summed E-state index contributed by atoms with van der Waals surface area (Å²) < 4.78 is 5.58. The fourth-order valence-electron chi connectivity index (χ4n) is 5.18. The van der Waals surface area contributed by atoms with Gasteiger partial charge in [0.25, 0.3) is 0 Å². The summed E-state index contributed by atoms with van der Waals surface area (Å²) >= 11 is 0. The lowest BCUT2D eigenvalue weighted by atomic mass is 9.84. The Morgan fingerprint density at radius 1 is 0.931 bits per heavy atom. The molecule has 2 unspecified atom stereocenters. The third kappa shape index (κ3) is 3.48. The molecule has 2 saturated heterocycles. The summed E-state index contributed by atoms with van der Waals surface area (Å²) in [5.41, 5.74) is 4.32. The Bertz CT molecular complexity index is 951. The minimum absolute atomic E-state index is 0.0197. The Morgan fingerprint density at radius 3 is 2.34 bits per heavy atom. The molecule has 0 radical (unpaired) electrons. The van der Waals surface area contributed by atoms with Crippen LogP contribution >= 0.6 is 0 Å². The predicted octanol–water partition coefficient (Wildman–Crippen LogP) is 4.78. The quantitative estimate of drug-likeness (QED) is 0.759. The Hall–Kier alpha value is -2.88. The highest BCUT2D eigenvalue weighted by Gasteiger charge is 2.46. The average molecular weight is 387 g/mol. The molecule has 2 aliphatic heterocycles. The maximum absolute atomic E-state index is 13.2. The van der Waals surface area contributed by atoms with Crippen molar-refractivity contribution in [1.82, 2.24) is 4.90 Å². The van der Waals surface area contributed by atoms with Crippen LogP contribution in [-0.2, 0) is 22.6 Å². The molecule has 1 amide bonds. The molecule has 4 nitrogen and oxygen atoms in total. The van der Waals surface area contributed by atoms with Crippen molar-refractivity contribution in [3.8, 4) is 0 Å². The second-order valence-corrected chi connectivity index (χ2v) is 8.41. The molecule has 0 N–H and O–H groups in total. The molecular formula is C25H25NO3. The maximum atomic E-state index is 13.2. The number of piperidine rings is 1. The van der Waals surface area contributed by atoms with Crippen molar-refractivity contribution in [2.75, 3.05) is 0 Å². The van der Waals surface area contributed by atoms with E-state index in [2.05, 4.69) is 18.2 Å². The van der Waals surface area contributed by atoms with E-state index in [0.717, 1.165) is 43.2 Å². The average Bonchev–Trinajstić information content (AvgIpc) is 3.30. The SMILES string of the molecule is O=C(C1=Cc2ccccc2C1)C1CC2CCC(C1)N2C(=O)OCc1ccccc1. The van der Waals surface area contributed by atoms with Crippen LogP contribution in [0.15, 0.2) is 60.2 Å². The minimum atomic E-state index is -0.236. The predicted molar refractivity (Wildman–Crippen MR) is 111 cm³/mol. The molecule has 2 aromatic rings. The lowest BCUT2D eigenvalue weighted by Gasteiger charge is -2.37. The molecule has 2 heterocycles. The van der Waals surface area contributed by atoms with Crippen molar-refractivity contribution in [3.05, 3.63) is 76.9 Å². The number of carbonyl (C=O) groups is 2. The van der Waals surface area contributed by atoms with Gasteiger partial charge in [0.05, 0.1) is 0 Å². The first-order valence-corrected chi connectivity index (χ1v) is 10.5. The topological polar surface area (TPSA) is 46.6 Å². The van der Waals surface area contributed by atoms with Gasteiger partial charge in [0.1, 0.15) is 6.61 Å². The molecule has 2 fully saturated rings. The van der Waals surface area contributed by atoms with Gasteiger partial charge >= 0.3 is 6.09 Å². The summed E-state index contributed by atoms with van der Waals surface area (Å²) in [6.45, 7) is 0.295. The zero-order valence-electron chi connectivity index (χ0n) is 16.4. The highest BCUT2D eigenvalue weighted by molar-refractivity contribution is 6.03. The Kier molecular flexibility index (Phi) is 4.70. The lowest BCUT2D eigenvalue weighted by molar-refractivity contribution is -0.121. The lowest BCUT2D eigenvalue weighted by Crippen LogP contribution is -2.48. The number of carbonyl (C=O) groups excluding carboxylic acids is 2. The summed E-state index contributed by atoms with van der Waals surface area (Å²) in [6.07, 6.45) is 6.00. The molecule has 3 aliphatic rings. The van der Waals surface area contributed by atoms with E-state index < -0.39 is 0 Å². The van der Waals surface area contributed by atoms with E-state index >= 15 is 0 Å². The van der Waals surface area contributed by atoms with Crippen molar-refractivity contribution < 1.29 is 14.3 Å². The number of benzene rings is 2. The zero-order valence-corrected chi connectivity index (χ0v) is 16.4. The van der Waals surface area contributed by atoms with Crippen LogP contribution < -0.4 is 0 Å². The number of hydrogen-bond donors (Lipinski definition) is 0. The van der Waals surface area contributed by atoms with Gasteiger partial charge in [-0.1, -0.05) is 54.6 Å². The van der Waals surface area contributed by atoms with Crippen molar-refractivity contribution in [2.24, 2.45) is 5.92 Å². The van der Waals surface area contributed by atoms with Crippen molar-refractivity contribution in [1.29, 1.82) is 0 Å². The molecular weight excluding hydrogens is 362 g/mol. The van der Waals surface area contributed by atoms with E-state index in [1.165, 1.54) is 11.1 Å². The summed E-state index contributed by atoms with van der Waals surface area (Å²) in [6, 6.07) is 18.2. The number of amides is 1. The van der Waals surface area contributed by atoms with Crippen LogP contribution in [-0.4, -0.2) is 28.9 Å². The van der Waals surface area contributed by atoms with Crippen molar-refractivity contribution in [3.63, 3.8) is 0 Å². The molecule has 2 aromatic carbocycles. The van der Waals surface area contributed by atoms with E-state index in [-0.39, 0.29) is 29.9 Å². The number of ether oxygens (including phenoxy) is 1. The van der Waals surface area contributed by atoms with Crippen molar-refractivity contribution in [2.45, 2.75) is 50.8 Å². The van der Waals surface area contributed by atoms with Crippen LogP contribution in [0.3, 0.4) is 0 Å². The number of allylic oxidation sites excluding steroid dienone is 1. The minimum Gasteiger partial charge on any atom is -0.445 e. The smallest absolute Gasteiger partial charge is 0.410 e. The number of ketones is 1. The second kappa shape index (κ2) is 7.51. The van der Waals surface area contributed by atoms with Gasteiger partial charge < -0.3 is 9.64 Å². The highest BCUT2D eigenvalue weighted by atomic mass is 16.6. The van der Waals surface area contributed by atoms with E-state index in [0.29, 0.717) is 6.61 Å². The molecule has 0 aromatic heterocycles. The summed E-state index contributed by atoms with van der Waals surface area (Å²) in [5.74, 6) is 0.293. The first-order valence-electron chi connectivity index (χ1n) is 10.5. The fraction of sp³-hybridized carbons (Fsp3) is 0.360. The van der Waals surface area contributed by atoms with Gasteiger partial charge in [-0.05, 0) is 48.4 Å². The monoisotopic (exact) mass is 387 g/mol. The highest BCUT2D eigenvalue weighted by Crippen LogP contribution is 2.41. The number of hydrogen-bond acceptors (Lipinski definition) is 3.